The first-order valence-corrected chi connectivity index (χ1v) is 4.44. The van der Waals surface area contributed by atoms with E-state index in [9.17, 15) is 0 Å². The highest BCUT2D eigenvalue weighted by atomic mass is 15.2. The molecule has 0 fully saturated rings. The molecule has 0 bridgehead atoms. The highest BCUT2D eigenvalue weighted by molar-refractivity contribution is 4.93. The van der Waals surface area contributed by atoms with Crippen molar-refractivity contribution in [3.63, 3.8) is 0 Å². The summed E-state index contributed by atoms with van der Waals surface area (Å²) in [6, 6.07) is 1.19. The second-order valence-corrected chi connectivity index (χ2v) is 3.49. The zero-order valence-corrected chi connectivity index (χ0v) is 8.52. The molecular formula is C10H21N. The van der Waals surface area contributed by atoms with E-state index >= 15 is 0 Å². The predicted octanol–water partition coefficient (Wildman–Crippen LogP) is 3.03. The predicted molar refractivity (Wildman–Crippen MR) is 51.5 cm³/mol. The molecule has 0 N–H and O–H groups in total. The topological polar surface area (TPSA) is 3.24 Å². The molecule has 0 saturated carbocycles. The van der Waals surface area contributed by atoms with Crippen LogP contribution in [-0.2, 0) is 0 Å². The second kappa shape index (κ2) is 4.42. The van der Waals surface area contributed by atoms with Gasteiger partial charge in [0.25, 0.3) is 0 Å². The fraction of sp³-hybridized carbons (Fsp3) is 0.800. The molecule has 0 saturated heterocycles. The first-order valence-electron chi connectivity index (χ1n) is 4.44. The lowest BCUT2D eigenvalue weighted by Gasteiger charge is -2.34. The SMILES string of the molecule is C=C(C)N(C(C)C)[C@@H](C)CC. The van der Waals surface area contributed by atoms with Crippen molar-refractivity contribution < 1.29 is 0 Å². The van der Waals surface area contributed by atoms with Gasteiger partial charge in [-0.15, -0.1) is 0 Å². The maximum atomic E-state index is 3.97. The molecular weight excluding hydrogens is 134 g/mol. The Bertz CT molecular complexity index is 127. The zero-order valence-electron chi connectivity index (χ0n) is 8.52. The van der Waals surface area contributed by atoms with Crippen LogP contribution < -0.4 is 0 Å². The van der Waals surface area contributed by atoms with E-state index in [1.165, 1.54) is 12.1 Å². The Kier molecular flexibility index (Phi) is 4.24. The molecule has 0 aliphatic rings. The van der Waals surface area contributed by atoms with Crippen LogP contribution in [0.25, 0.3) is 0 Å². The third-order valence-electron chi connectivity index (χ3n) is 2.06. The highest BCUT2D eigenvalue weighted by Gasteiger charge is 2.13. The van der Waals surface area contributed by atoms with Gasteiger partial charge in [-0.1, -0.05) is 13.5 Å². The van der Waals surface area contributed by atoms with Gasteiger partial charge in [0, 0.05) is 17.8 Å². The minimum Gasteiger partial charge on any atom is -0.370 e. The molecule has 11 heavy (non-hydrogen) atoms. The molecule has 0 aromatic heterocycles. The van der Waals surface area contributed by atoms with E-state index in [1.54, 1.807) is 0 Å². The van der Waals surface area contributed by atoms with E-state index in [0.717, 1.165) is 0 Å². The fourth-order valence-corrected chi connectivity index (χ4v) is 1.52. The Balaban J connectivity index is 4.21. The van der Waals surface area contributed by atoms with Gasteiger partial charge in [0.05, 0.1) is 0 Å². The molecule has 0 aliphatic heterocycles. The summed E-state index contributed by atoms with van der Waals surface area (Å²) in [5.74, 6) is 0. The summed E-state index contributed by atoms with van der Waals surface area (Å²) in [5.41, 5.74) is 1.18. The highest BCUT2D eigenvalue weighted by Crippen LogP contribution is 2.13. The van der Waals surface area contributed by atoms with E-state index in [-0.39, 0.29) is 0 Å². The Morgan fingerprint density at radius 1 is 1.36 bits per heavy atom. The standard InChI is InChI=1S/C10H21N/c1-7-10(6)11(8(2)3)9(4)5/h9-10H,2,7H2,1,3-6H3/t10-/m0/s1. The van der Waals surface area contributed by atoms with Gasteiger partial charge in [0.1, 0.15) is 0 Å². The molecule has 66 valence electrons. The van der Waals surface area contributed by atoms with Crippen LogP contribution in [0.5, 0.6) is 0 Å². The van der Waals surface area contributed by atoms with Gasteiger partial charge in [0.2, 0.25) is 0 Å². The summed E-state index contributed by atoms with van der Waals surface area (Å²) in [6.45, 7) is 14.9. The van der Waals surface area contributed by atoms with E-state index in [0.29, 0.717) is 12.1 Å². The van der Waals surface area contributed by atoms with Crippen molar-refractivity contribution in [2.45, 2.75) is 53.1 Å². The number of nitrogens with zero attached hydrogens (tertiary/aromatic N) is 1. The molecule has 0 radical (unpaired) electrons. The van der Waals surface area contributed by atoms with Gasteiger partial charge in [-0.2, -0.15) is 0 Å². The fourth-order valence-electron chi connectivity index (χ4n) is 1.52. The van der Waals surface area contributed by atoms with Crippen LogP contribution in [-0.4, -0.2) is 17.0 Å². The van der Waals surface area contributed by atoms with E-state index < -0.39 is 0 Å². The summed E-state index contributed by atoms with van der Waals surface area (Å²) < 4.78 is 0. The van der Waals surface area contributed by atoms with Crippen molar-refractivity contribution in [1.29, 1.82) is 0 Å². The molecule has 1 nitrogen and oxygen atoms in total. The Morgan fingerprint density at radius 3 is 1.91 bits per heavy atom. The van der Waals surface area contributed by atoms with E-state index in [1.807, 2.05) is 0 Å². The maximum Gasteiger partial charge on any atom is 0.0258 e. The summed E-state index contributed by atoms with van der Waals surface area (Å²) >= 11 is 0. The quantitative estimate of drug-likeness (QED) is 0.603. The Labute approximate surface area is 71.1 Å². The molecule has 0 spiro atoms. The minimum absolute atomic E-state index is 0.572. The first kappa shape index (κ1) is 10.5. The zero-order chi connectivity index (χ0) is 9.02. The van der Waals surface area contributed by atoms with Crippen LogP contribution in [0.2, 0.25) is 0 Å². The lowest BCUT2D eigenvalue weighted by molar-refractivity contribution is 0.215. The van der Waals surface area contributed by atoms with Crippen LogP contribution >= 0.6 is 0 Å². The molecule has 0 aromatic carbocycles. The van der Waals surface area contributed by atoms with Gasteiger partial charge < -0.3 is 4.90 Å². The summed E-state index contributed by atoms with van der Waals surface area (Å²) in [5, 5.41) is 0. The number of rotatable bonds is 4. The van der Waals surface area contributed by atoms with Crippen LogP contribution in [0, 0.1) is 0 Å². The third-order valence-corrected chi connectivity index (χ3v) is 2.06. The largest absolute Gasteiger partial charge is 0.370 e. The number of hydrogen-bond donors (Lipinski definition) is 0. The maximum absolute atomic E-state index is 3.97. The van der Waals surface area contributed by atoms with Crippen LogP contribution in [0.3, 0.4) is 0 Å². The molecule has 0 aromatic rings. The van der Waals surface area contributed by atoms with Gasteiger partial charge >= 0.3 is 0 Å². The molecule has 0 heterocycles. The van der Waals surface area contributed by atoms with E-state index in [2.05, 4.69) is 46.1 Å². The average molecular weight is 155 g/mol. The lowest BCUT2D eigenvalue weighted by atomic mass is 10.1. The molecule has 0 aliphatic carbocycles. The van der Waals surface area contributed by atoms with Gasteiger partial charge in [0.15, 0.2) is 0 Å². The van der Waals surface area contributed by atoms with Gasteiger partial charge in [-0.05, 0) is 34.1 Å². The molecule has 0 unspecified atom stereocenters. The van der Waals surface area contributed by atoms with Crippen molar-refractivity contribution in [3.8, 4) is 0 Å². The third kappa shape index (κ3) is 2.96. The minimum atomic E-state index is 0.572. The normalized spacial score (nSPS) is 13.3. The molecule has 0 rings (SSSR count). The summed E-state index contributed by atoms with van der Waals surface area (Å²) in [7, 11) is 0. The smallest absolute Gasteiger partial charge is 0.0258 e. The van der Waals surface area contributed by atoms with E-state index in [4.69, 9.17) is 0 Å². The monoisotopic (exact) mass is 155 g/mol. The Morgan fingerprint density at radius 2 is 1.82 bits per heavy atom. The number of hydrogen-bond acceptors (Lipinski definition) is 1. The summed E-state index contributed by atoms with van der Waals surface area (Å²) in [4.78, 5) is 2.36. The van der Waals surface area contributed by atoms with Gasteiger partial charge in [-0.3, -0.25) is 0 Å². The van der Waals surface area contributed by atoms with Crippen molar-refractivity contribution in [2.24, 2.45) is 0 Å². The van der Waals surface area contributed by atoms with Crippen LogP contribution in [0.1, 0.15) is 41.0 Å². The first-order chi connectivity index (χ1) is 5.00. The van der Waals surface area contributed by atoms with Crippen molar-refractivity contribution >= 4 is 0 Å². The number of allylic oxidation sites excluding steroid dienone is 1. The van der Waals surface area contributed by atoms with Crippen molar-refractivity contribution in [1.82, 2.24) is 4.90 Å². The van der Waals surface area contributed by atoms with Gasteiger partial charge in [-0.25, -0.2) is 0 Å². The lowest BCUT2D eigenvalue weighted by Crippen LogP contribution is -2.36. The molecule has 1 heteroatoms. The van der Waals surface area contributed by atoms with Crippen molar-refractivity contribution in [3.05, 3.63) is 12.3 Å². The van der Waals surface area contributed by atoms with Crippen LogP contribution in [0.4, 0.5) is 0 Å². The summed E-state index contributed by atoms with van der Waals surface area (Å²) in [6.07, 6.45) is 1.19. The van der Waals surface area contributed by atoms with Crippen molar-refractivity contribution in [2.75, 3.05) is 0 Å². The molecule has 0 amide bonds. The second-order valence-electron chi connectivity index (χ2n) is 3.49. The average Bonchev–Trinajstić information content (AvgIpc) is 1.85. The van der Waals surface area contributed by atoms with Crippen LogP contribution in [0.15, 0.2) is 12.3 Å². The molecule has 1 atom stereocenters. The Hall–Kier alpha value is -0.460.